The summed E-state index contributed by atoms with van der Waals surface area (Å²) in [6.07, 6.45) is 1.49. The highest BCUT2D eigenvalue weighted by molar-refractivity contribution is 7.90. The van der Waals surface area contributed by atoms with E-state index in [9.17, 15) is 13.2 Å². The molecule has 0 saturated heterocycles. The van der Waals surface area contributed by atoms with Crippen molar-refractivity contribution in [1.29, 1.82) is 0 Å². The number of fused-ring (bicyclic) bond motifs is 1. The molecule has 0 saturated carbocycles. The van der Waals surface area contributed by atoms with Crippen molar-refractivity contribution in [3.05, 3.63) is 59.9 Å². The lowest BCUT2D eigenvalue weighted by Crippen LogP contribution is -2.15. The lowest BCUT2D eigenvalue weighted by Gasteiger charge is -2.09. The summed E-state index contributed by atoms with van der Waals surface area (Å²) in [6.45, 7) is 1.56. The quantitative estimate of drug-likeness (QED) is 0.689. The number of aromatic nitrogens is 2. The van der Waals surface area contributed by atoms with Gasteiger partial charge in [0.25, 0.3) is 10.0 Å². The van der Waals surface area contributed by atoms with Crippen LogP contribution < -0.4 is 0 Å². The molecule has 2 heterocycles. The second kappa shape index (κ2) is 5.51. The molecular weight excluding hydrogens is 316 g/mol. The summed E-state index contributed by atoms with van der Waals surface area (Å²) in [7, 11) is -2.61. The van der Waals surface area contributed by atoms with Gasteiger partial charge in [-0.15, -0.1) is 0 Å². The van der Waals surface area contributed by atoms with Crippen molar-refractivity contribution in [3.63, 3.8) is 0 Å². The molecule has 0 aliphatic carbocycles. The number of carbonyl (C=O) groups excluding carboxylic acids is 1. The molecule has 2 aromatic heterocycles. The van der Waals surface area contributed by atoms with E-state index in [0.29, 0.717) is 5.39 Å². The minimum atomic E-state index is -3.87. The number of pyridine rings is 1. The summed E-state index contributed by atoms with van der Waals surface area (Å²) >= 11 is 0. The molecular formula is C16H14N2O4S. The van der Waals surface area contributed by atoms with Gasteiger partial charge in [-0.25, -0.2) is 22.2 Å². The Morgan fingerprint density at radius 2 is 1.83 bits per heavy atom. The maximum absolute atomic E-state index is 13.0. The van der Waals surface area contributed by atoms with Crippen LogP contribution in [0.2, 0.25) is 0 Å². The van der Waals surface area contributed by atoms with Gasteiger partial charge in [0, 0.05) is 17.3 Å². The van der Waals surface area contributed by atoms with Crippen molar-refractivity contribution in [1.82, 2.24) is 8.96 Å². The Bertz CT molecular complexity index is 992. The molecule has 0 amide bonds. The summed E-state index contributed by atoms with van der Waals surface area (Å²) in [5, 5.41) is 0.441. The molecule has 23 heavy (non-hydrogen) atoms. The maximum atomic E-state index is 13.0. The molecule has 6 nitrogen and oxygen atoms in total. The Morgan fingerprint density at radius 1 is 1.13 bits per heavy atom. The van der Waals surface area contributed by atoms with E-state index in [1.165, 1.54) is 25.4 Å². The van der Waals surface area contributed by atoms with Crippen molar-refractivity contribution in [2.45, 2.75) is 11.8 Å². The van der Waals surface area contributed by atoms with E-state index in [1.807, 2.05) is 0 Å². The third kappa shape index (κ3) is 2.29. The number of methoxy groups -OCH3 is 1. The Morgan fingerprint density at radius 3 is 2.48 bits per heavy atom. The summed E-state index contributed by atoms with van der Waals surface area (Å²) < 4.78 is 31.8. The number of rotatable bonds is 3. The van der Waals surface area contributed by atoms with Gasteiger partial charge in [0.15, 0.2) is 5.65 Å². The fraction of sp³-hybridized carbons (Fsp3) is 0.125. The number of ether oxygens (including phenoxy) is 1. The number of carbonyl (C=O) groups is 1. The summed E-state index contributed by atoms with van der Waals surface area (Å²) in [5.41, 5.74) is 0.679. The molecule has 3 aromatic rings. The van der Waals surface area contributed by atoms with E-state index in [2.05, 4.69) is 4.98 Å². The van der Waals surface area contributed by atoms with E-state index in [1.54, 1.807) is 37.3 Å². The van der Waals surface area contributed by atoms with Crippen LogP contribution in [0, 0.1) is 6.92 Å². The predicted octanol–water partition coefficient (Wildman–Crippen LogP) is 2.37. The molecule has 0 atom stereocenters. The fourth-order valence-corrected chi connectivity index (χ4v) is 4.10. The molecule has 3 rings (SSSR count). The average molecular weight is 330 g/mol. The van der Waals surface area contributed by atoms with Crippen molar-refractivity contribution >= 4 is 27.0 Å². The fourth-order valence-electron chi connectivity index (χ4n) is 2.56. The van der Waals surface area contributed by atoms with E-state index in [0.717, 1.165) is 3.97 Å². The largest absolute Gasteiger partial charge is 0.465 e. The Labute approximate surface area is 133 Å². The van der Waals surface area contributed by atoms with Crippen LogP contribution in [-0.4, -0.2) is 30.5 Å². The van der Waals surface area contributed by atoms with Crippen molar-refractivity contribution in [2.24, 2.45) is 0 Å². The Hall–Kier alpha value is -2.67. The first-order valence-electron chi connectivity index (χ1n) is 6.83. The van der Waals surface area contributed by atoms with Gasteiger partial charge in [-0.2, -0.15) is 0 Å². The van der Waals surface area contributed by atoms with E-state index in [-0.39, 0.29) is 21.8 Å². The number of hydrogen-bond acceptors (Lipinski definition) is 5. The highest BCUT2D eigenvalue weighted by Gasteiger charge is 2.28. The van der Waals surface area contributed by atoms with Gasteiger partial charge in [-0.1, -0.05) is 18.2 Å². The third-order valence-corrected chi connectivity index (χ3v) is 5.38. The van der Waals surface area contributed by atoms with Crippen LogP contribution in [0.1, 0.15) is 16.1 Å². The van der Waals surface area contributed by atoms with Crippen LogP contribution >= 0.6 is 0 Å². The van der Waals surface area contributed by atoms with Crippen LogP contribution in [-0.2, 0) is 14.8 Å². The third-order valence-electron chi connectivity index (χ3n) is 3.59. The van der Waals surface area contributed by atoms with Crippen LogP contribution in [0.15, 0.2) is 53.6 Å². The molecule has 0 unspecified atom stereocenters. The van der Waals surface area contributed by atoms with Crippen molar-refractivity contribution in [2.75, 3.05) is 7.11 Å². The number of hydrogen-bond donors (Lipinski definition) is 0. The van der Waals surface area contributed by atoms with Crippen LogP contribution in [0.5, 0.6) is 0 Å². The van der Waals surface area contributed by atoms with Gasteiger partial charge in [0.05, 0.1) is 17.6 Å². The van der Waals surface area contributed by atoms with Crippen molar-refractivity contribution < 1.29 is 17.9 Å². The van der Waals surface area contributed by atoms with Crippen LogP contribution in [0.4, 0.5) is 0 Å². The van der Waals surface area contributed by atoms with E-state index >= 15 is 0 Å². The number of esters is 1. The smallest absolute Gasteiger partial charge is 0.340 e. The first-order chi connectivity index (χ1) is 11.0. The number of nitrogens with zero attached hydrogens (tertiary/aromatic N) is 2. The first-order valence-corrected chi connectivity index (χ1v) is 8.27. The van der Waals surface area contributed by atoms with Gasteiger partial charge in [-0.05, 0) is 31.2 Å². The Kier molecular flexibility index (Phi) is 3.65. The lowest BCUT2D eigenvalue weighted by atomic mass is 10.2. The molecule has 0 radical (unpaired) electrons. The second-order valence-corrected chi connectivity index (χ2v) is 6.70. The van der Waals surface area contributed by atoms with Crippen LogP contribution in [0.25, 0.3) is 11.0 Å². The van der Waals surface area contributed by atoms with Gasteiger partial charge in [0.1, 0.15) is 0 Å². The summed E-state index contributed by atoms with van der Waals surface area (Å²) in [4.78, 5) is 16.3. The van der Waals surface area contributed by atoms with Gasteiger partial charge in [-0.3, -0.25) is 0 Å². The molecule has 0 spiro atoms. The maximum Gasteiger partial charge on any atom is 0.340 e. The zero-order chi connectivity index (χ0) is 16.6. The van der Waals surface area contributed by atoms with E-state index < -0.39 is 16.0 Å². The normalized spacial score (nSPS) is 11.6. The minimum Gasteiger partial charge on any atom is -0.465 e. The van der Waals surface area contributed by atoms with E-state index in [4.69, 9.17) is 4.74 Å². The average Bonchev–Trinajstić information content (AvgIpc) is 2.87. The summed E-state index contributed by atoms with van der Waals surface area (Å²) in [6, 6.07) is 11.3. The van der Waals surface area contributed by atoms with Gasteiger partial charge < -0.3 is 4.74 Å². The molecule has 118 valence electrons. The molecule has 1 aromatic carbocycles. The first kappa shape index (κ1) is 15.2. The highest BCUT2D eigenvalue weighted by Crippen LogP contribution is 2.29. The van der Waals surface area contributed by atoms with Crippen LogP contribution in [0.3, 0.4) is 0 Å². The standard InChI is InChI=1S/C16H14N2O4S/c1-11-14(16(19)22-2)13-9-6-10-17-15(13)18(11)23(20,21)12-7-4-3-5-8-12/h3-10H,1-2H3. The lowest BCUT2D eigenvalue weighted by molar-refractivity contribution is 0.0602. The summed E-state index contributed by atoms with van der Waals surface area (Å²) in [5.74, 6) is -0.595. The predicted molar refractivity (Wildman–Crippen MR) is 84.8 cm³/mol. The molecule has 7 heteroatoms. The zero-order valence-electron chi connectivity index (χ0n) is 12.6. The van der Waals surface area contributed by atoms with Gasteiger partial charge >= 0.3 is 5.97 Å². The molecule has 0 bridgehead atoms. The molecule has 0 aliphatic rings. The Balaban J connectivity index is 2.40. The molecule has 0 N–H and O–H groups in total. The zero-order valence-corrected chi connectivity index (χ0v) is 13.4. The highest BCUT2D eigenvalue weighted by atomic mass is 32.2. The monoisotopic (exact) mass is 330 g/mol. The number of benzene rings is 1. The molecule has 0 aliphatic heterocycles. The SMILES string of the molecule is COC(=O)c1c(C)n(S(=O)(=O)c2ccccc2)c2ncccc12. The van der Waals surface area contributed by atoms with Gasteiger partial charge in [0.2, 0.25) is 0 Å². The minimum absolute atomic E-state index is 0.127. The molecule has 0 fully saturated rings. The second-order valence-electron chi connectivity index (χ2n) is 4.91. The topological polar surface area (TPSA) is 78.3 Å². The van der Waals surface area contributed by atoms with Crippen molar-refractivity contribution in [3.8, 4) is 0 Å².